The van der Waals surface area contributed by atoms with E-state index in [4.69, 9.17) is 4.74 Å². The summed E-state index contributed by atoms with van der Waals surface area (Å²) in [6.07, 6.45) is 44.0. The highest BCUT2D eigenvalue weighted by atomic mass is 19.2. The second kappa shape index (κ2) is 20.4. The van der Waals surface area contributed by atoms with Crippen LogP contribution < -0.4 is 0 Å². The quantitative estimate of drug-likeness (QED) is 0.0738. The zero-order valence-corrected chi connectivity index (χ0v) is 35.1. The van der Waals surface area contributed by atoms with Crippen LogP contribution >= 0.6 is 0 Å². The lowest BCUT2D eigenvalue weighted by molar-refractivity contribution is 0.0920. The highest BCUT2D eigenvalue weighted by molar-refractivity contribution is 5.46. The minimum absolute atomic E-state index is 0.0383. The van der Waals surface area contributed by atoms with Crippen LogP contribution in [-0.2, 0) is 15.6 Å². The molecular formula is C52H70F4O. The molecule has 0 aromatic heterocycles. The molecule has 0 aliphatic heterocycles. The van der Waals surface area contributed by atoms with E-state index in [0.29, 0.717) is 13.2 Å². The largest absolute Gasteiger partial charge is 0.380 e. The van der Waals surface area contributed by atoms with E-state index in [1.54, 1.807) is 0 Å². The van der Waals surface area contributed by atoms with Crippen molar-refractivity contribution in [1.82, 2.24) is 0 Å². The van der Waals surface area contributed by atoms with Crippen LogP contribution in [0.15, 0.2) is 85.0 Å². The minimum Gasteiger partial charge on any atom is -0.380 e. The minimum atomic E-state index is -0.801. The Bertz CT molecular complexity index is 1540. The fourth-order valence-corrected chi connectivity index (χ4v) is 11.4. The smallest absolute Gasteiger partial charge is 0.159 e. The topological polar surface area (TPSA) is 9.23 Å². The number of ether oxygens (including phenoxy) is 1. The highest BCUT2D eigenvalue weighted by Crippen LogP contribution is 2.59. The van der Waals surface area contributed by atoms with E-state index >= 15 is 0 Å². The molecule has 312 valence electrons. The van der Waals surface area contributed by atoms with E-state index in [1.165, 1.54) is 88.5 Å². The van der Waals surface area contributed by atoms with Gasteiger partial charge in [0.25, 0.3) is 0 Å². The Balaban J connectivity index is 1.17. The summed E-state index contributed by atoms with van der Waals surface area (Å²) in [6.45, 7) is 5.54. The van der Waals surface area contributed by atoms with Crippen molar-refractivity contribution in [3.8, 4) is 0 Å². The van der Waals surface area contributed by atoms with Gasteiger partial charge in [-0.25, -0.2) is 17.6 Å². The number of allylic oxidation sites excluding steroid dienone is 4. The maximum absolute atomic E-state index is 14.9. The third-order valence-corrected chi connectivity index (χ3v) is 14.7. The summed E-state index contributed by atoms with van der Waals surface area (Å²) in [5.74, 6) is -3.02. The molecule has 0 unspecified atom stereocenters. The standard InChI is InChI=1S/C52H70F4O/c1-3-5-7-9-13-27-49(29-15-11-16-30-49)51(43-19-21-45(53)47(55)37-43)33-23-41(24-34-51)39-57-40-42-25-35-52(36-26-42,44-20-22-46(54)48(56)38-44)50(31-17-12-18-32-50)28-14-10-8-6-4-2/h19-26,33-38,41-42H,3-18,27-32,39-40H2,1-2H3. The summed E-state index contributed by atoms with van der Waals surface area (Å²) < 4.78 is 64.9. The highest BCUT2D eigenvalue weighted by Gasteiger charge is 2.51. The van der Waals surface area contributed by atoms with Crippen LogP contribution in [0.25, 0.3) is 0 Å². The van der Waals surface area contributed by atoms with Gasteiger partial charge < -0.3 is 4.74 Å². The first kappa shape index (κ1) is 43.7. The predicted molar refractivity (Wildman–Crippen MR) is 228 cm³/mol. The number of hydrogen-bond acceptors (Lipinski definition) is 1. The normalized spacial score (nSPS) is 26.6. The van der Waals surface area contributed by atoms with Gasteiger partial charge in [0, 0.05) is 22.7 Å². The van der Waals surface area contributed by atoms with Crippen molar-refractivity contribution < 1.29 is 22.3 Å². The molecule has 5 heteroatoms. The van der Waals surface area contributed by atoms with Crippen LogP contribution in [-0.4, -0.2) is 13.2 Å². The molecule has 2 aromatic rings. The Morgan fingerprint density at radius 3 is 1.19 bits per heavy atom. The van der Waals surface area contributed by atoms with Crippen LogP contribution in [0.4, 0.5) is 17.6 Å². The zero-order valence-electron chi connectivity index (χ0n) is 35.1. The van der Waals surface area contributed by atoms with Crippen molar-refractivity contribution in [2.24, 2.45) is 22.7 Å². The molecule has 2 aromatic carbocycles. The average Bonchev–Trinajstić information content (AvgIpc) is 3.24. The fourth-order valence-electron chi connectivity index (χ4n) is 11.4. The molecule has 0 heterocycles. The van der Waals surface area contributed by atoms with Crippen molar-refractivity contribution in [2.75, 3.05) is 13.2 Å². The van der Waals surface area contributed by atoms with Crippen LogP contribution in [0.5, 0.6) is 0 Å². The van der Waals surface area contributed by atoms with Gasteiger partial charge in [-0.15, -0.1) is 0 Å². The van der Waals surface area contributed by atoms with Gasteiger partial charge in [0.1, 0.15) is 0 Å². The molecule has 6 rings (SSSR count). The van der Waals surface area contributed by atoms with Crippen LogP contribution in [0.1, 0.15) is 166 Å². The number of halogens is 4. The van der Waals surface area contributed by atoms with E-state index in [9.17, 15) is 17.6 Å². The van der Waals surface area contributed by atoms with E-state index in [1.807, 2.05) is 12.1 Å². The van der Waals surface area contributed by atoms with Gasteiger partial charge in [-0.1, -0.05) is 177 Å². The first-order valence-corrected chi connectivity index (χ1v) is 23.0. The van der Waals surface area contributed by atoms with Crippen molar-refractivity contribution in [2.45, 2.75) is 166 Å². The maximum atomic E-state index is 14.9. The molecule has 0 N–H and O–H groups in total. The van der Waals surface area contributed by atoms with Crippen molar-refractivity contribution in [3.05, 3.63) is 119 Å². The van der Waals surface area contributed by atoms with Gasteiger partial charge in [0.2, 0.25) is 0 Å². The summed E-state index contributed by atoms with van der Waals surface area (Å²) in [5.41, 5.74) is 0.635. The van der Waals surface area contributed by atoms with Crippen molar-refractivity contribution in [1.29, 1.82) is 0 Å². The third kappa shape index (κ3) is 9.77. The van der Waals surface area contributed by atoms with Gasteiger partial charge in [-0.2, -0.15) is 0 Å². The molecule has 2 fully saturated rings. The predicted octanol–water partition coefficient (Wildman–Crippen LogP) is 15.5. The molecule has 0 radical (unpaired) electrons. The Morgan fingerprint density at radius 2 is 0.842 bits per heavy atom. The maximum Gasteiger partial charge on any atom is 0.159 e. The van der Waals surface area contributed by atoms with Crippen molar-refractivity contribution >= 4 is 0 Å². The number of benzene rings is 2. The Hall–Kier alpha value is -2.92. The van der Waals surface area contributed by atoms with Gasteiger partial charge in [-0.05, 0) is 84.7 Å². The Morgan fingerprint density at radius 1 is 0.474 bits per heavy atom. The molecule has 0 bridgehead atoms. The SMILES string of the molecule is CCCCCCCC1(C2(c3ccc(F)c(F)c3)C=CC(COCC3C=CC(c4ccc(F)c(F)c4)(C4(CCCCCCC)CCCCC4)C=C3)C=C2)CCCCC1. The Labute approximate surface area is 342 Å². The van der Waals surface area contributed by atoms with E-state index in [0.717, 1.165) is 88.2 Å². The van der Waals surface area contributed by atoms with Gasteiger partial charge in [0.05, 0.1) is 13.2 Å². The average molecular weight is 787 g/mol. The Kier molecular flexibility index (Phi) is 15.6. The molecular weight excluding hydrogens is 717 g/mol. The zero-order chi connectivity index (χ0) is 40.2. The molecule has 57 heavy (non-hydrogen) atoms. The van der Waals surface area contributed by atoms with E-state index in [-0.39, 0.29) is 22.7 Å². The molecule has 0 atom stereocenters. The van der Waals surface area contributed by atoms with E-state index in [2.05, 4.69) is 62.5 Å². The van der Waals surface area contributed by atoms with Gasteiger partial charge >= 0.3 is 0 Å². The monoisotopic (exact) mass is 787 g/mol. The van der Waals surface area contributed by atoms with Crippen molar-refractivity contribution in [3.63, 3.8) is 0 Å². The van der Waals surface area contributed by atoms with Crippen LogP contribution in [0.3, 0.4) is 0 Å². The van der Waals surface area contributed by atoms with Gasteiger partial charge in [0.15, 0.2) is 23.3 Å². The first-order chi connectivity index (χ1) is 27.7. The molecule has 0 amide bonds. The summed E-state index contributed by atoms with van der Waals surface area (Å²) in [7, 11) is 0. The summed E-state index contributed by atoms with van der Waals surface area (Å²) >= 11 is 0. The van der Waals surface area contributed by atoms with Gasteiger partial charge in [-0.3, -0.25) is 0 Å². The fraction of sp³-hybridized carbons (Fsp3) is 0.615. The second-order valence-electron chi connectivity index (χ2n) is 18.3. The molecule has 1 nitrogen and oxygen atoms in total. The molecule has 2 saturated carbocycles. The second-order valence-corrected chi connectivity index (χ2v) is 18.3. The summed E-state index contributed by atoms with van der Waals surface area (Å²) in [6, 6.07) is 9.11. The van der Waals surface area contributed by atoms with Crippen LogP contribution in [0, 0.1) is 45.9 Å². The summed E-state index contributed by atoms with van der Waals surface area (Å²) in [4.78, 5) is 0. The molecule has 0 saturated heterocycles. The summed E-state index contributed by atoms with van der Waals surface area (Å²) in [5, 5.41) is 0. The third-order valence-electron chi connectivity index (χ3n) is 14.7. The molecule has 4 aliphatic rings. The lowest BCUT2D eigenvalue weighted by atomic mass is 9.51. The number of unbranched alkanes of at least 4 members (excludes halogenated alkanes) is 8. The number of hydrogen-bond donors (Lipinski definition) is 0. The molecule has 0 spiro atoms. The number of rotatable bonds is 20. The molecule has 4 aliphatic carbocycles. The lowest BCUT2D eigenvalue weighted by Gasteiger charge is -2.52. The lowest BCUT2D eigenvalue weighted by Crippen LogP contribution is -2.46. The van der Waals surface area contributed by atoms with E-state index < -0.39 is 34.1 Å². The van der Waals surface area contributed by atoms with Crippen LogP contribution in [0.2, 0.25) is 0 Å². The first-order valence-electron chi connectivity index (χ1n) is 23.0.